The van der Waals surface area contributed by atoms with Gasteiger partial charge in [0.25, 0.3) is 0 Å². The summed E-state index contributed by atoms with van der Waals surface area (Å²) < 4.78 is 0. The minimum Gasteiger partial charge on any atom is -0.342 e. The number of amides is 1. The molecule has 0 aromatic rings. The van der Waals surface area contributed by atoms with Gasteiger partial charge in [-0.3, -0.25) is 4.79 Å². The zero-order chi connectivity index (χ0) is 8.27. The van der Waals surface area contributed by atoms with E-state index in [4.69, 9.17) is 0 Å². The second kappa shape index (κ2) is 3.74. The highest BCUT2D eigenvalue weighted by atomic mass is 16.2. The van der Waals surface area contributed by atoms with Gasteiger partial charge in [0.2, 0.25) is 5.91 Å². The molecular formula is C9H17NO. The molecule has 2 heteroatoms. The van der Waals surface area contributed by atoms with Crippen LogP contribution in [0.3, 0.4) is 0 Å². The molecule has 1 rings (SSSR count). The number of carbonyl (C=O) groups is 1. The van der Waals surface area contributed by atoms with Gasteiger partial charge in [-0.05, 0) is 18.8 Å². The van der Waals surface area contributed by atoms with Crippen LogP contribution in [0.2, 0.25) is 0 Å². The molecule has 0 saturated carbocycles. The largest absolute Gasteiger partial charge is 0.342 e. The highest BCUT2D eigenvalue weighted by Crippen LogP contribution is 2.19. The van der Waals surface area contributed by atoms with Gasteiger partial charge >= 0.3 is 0 Å². The molecule has 0 atom stereocenters. The lowest BCUT2D eigenvalue weighted by Crippen LogP contribution is -2.49. The molecule has 0 spiro atoms. The Kier molecular flexibility index (Phi) is 2.92. The van der Waals surface area contributed by atoms with Crippen LogP contribution in [0.1, 0.15) is 33.1 Å². The normalized spacial score (nSPS) is 18.2. The lowest BCUT2D eigenvalue weighted by Gasteiger charge is -2.38. The van der Waals surface area contributed by atoms with Gasteiger partial charge in [0.15, 0.2) is 0 Å². The zero-order valence-corrected chi connectivity index (χ0v) is 7.47. The summed E-state index contributed by atoms with van der Waals surface area (Å²) in [7, 11) is 0. The highest BCUT2D eigenvalue weighted by Gasteiger charge is 2.27. The van der Waals surface area contributed by atoms with E-state index < -0.39 is 0 Å². The zero-order valence-electron chi connectivity index (χ0n) is 7.47. The van der Waals surface area contributed by atoms with Gasteiger partial charge in [0, 0.05) is 19.5 Å². The predicted molar refractivity (Wildman–Crippen MR) is 45.3 cm³/mol. The van der Waals surface area contributed by atoms with Crippen molar-refractivity contribution in [2.75, 3.05) is 13.1 Å². The Morgan fingerprint density at radius 1 is 1.45 bits per heavy atom. The molecule has 0 aromatic heterocycles. The van der Waals surface area contributed by atoms with Crippen LogP contribution in [0.5, 0.6) is 0 Å². The highest BCUT2D eigenvalue weighted by molar-refractivity contribution is 5.76. The molecule has 0 unspecified atom stereocenters. The summed E-state index contributed by atoms with van der Waals surface area (Å²) in [5.41, 5.74) is 0. The fraction of sp³-hybridized carbons (Fsp3) is 0.889. The molecule has 1 aliphatic heterocycles. The maximum atomic E-state index is 11.2. The molecule has 1 amide bonds. The van der Waals surface area contributed by atoms with Gasteiger partial charge in [-0.25, -0.2) is 0 Å². The Balaban J connectivity index is 2.16. The molecule has 1 heterocycles. The van der Waals surface area contributed by atoms with Gasteiger partial charge in [0.05, 0.1) is 0 Å². The molecule has 0 bridgehead atoms. The first kappa shape index (κ1) is 8.57. The van der Waals surface area contributed by atoms with Crippen molar-refractivity contribution in [1.29, 1.82) is 0 Å². The van der Waals surface area contributed by atoms with Crippen LogP contribution in [0, 0.1) is 5.92 Å². The number of hydrogen-bond acceptors (Lipinski definition) is 1. The molecule has 0 N–H and O–H groups in total. The summed E-state index contributed by atoms with van der Waals surface area (Å²) in [6.45, 7) is 6.26. The summed E-state index contributed by atoms with van der Waals surface area (Å²) >= 11 is 0. The van der Waals surface area contributed by atoms with Crippen molar-refractivity contribution in [3.63, 3.8) is 0 Å². The molecule has 0 aliphatic carbocycles. The fourth-order valence-corrected chi connectivity index (χ4v) is 1.40. The smallest absolute Gasteiger partial charge is 0.222 e. The minimum absolute atomic E-state index is 0.345. The molecule has 1 saturated heterocycles. The number of rotatable bonds is 3. The molecule has 1 fully saturated rings. The van der Waals surface area contributed by atoms with Gasteiger partial charge in [-0.2, -0.15) is 0 Å². The Labute approximate surface area is 68.6 Å². The fourth-order valence-electron chi connectivity index (χ4n) is 1.40. The molecular weight excluding hydrogens is 138 g/mol. The van der Waals surface area contributed by atoms with Crippen molar-refractivity contribution in [2.45, 2.75) is 33.1 Å². The summed E-state index contributed by atoms with van der Waals surface area (Å²) in [4.78, 5) is 13.2. The summed E-state index contributed by atoms with van der Waals surface area (Å²) in [6, 6.07) is 0. The van der Waals surface area contributed by atoms with E-state index in [0.29, 0.717) is 5.91 Å². The van der Waals surface area contributed by atoms with E-state index in [1.807, 2.05) is 4.90 Å². The van der Waals surface area contributed by atoms with Crippen LogP contribution in [-0.4, -0.2) is 23.9 Å². The maximum Gasteiger partial charge on any atom is 0.222 e. The van der Waals surface area contributed by atoms with Crippen LogP contribution >= 0.6 is 0 Å². The third-order valence-electron chi connectivity index (χ3n) is 2.35. The monoisotopic (exact) mass is 155 g/mol. The van der Waals surface area contributed by atoms with E-state index in [2.05, 4.69) is 13.8 Å². The van der Waals surface area contributed by atoms with Gasteiger partial charge in [0.1, 0.15) is 0 Å². The number of hydrogen-bond donors (Lipinski definition) is 0. The van der Waals surface area contributed by atoms with Gasteiger partial charge in [-0.15, -0.1) is 0 Å². The lowest BCUT2D eigenvalue weighted by molar-refractivity contribution is -0.137. The Bertz CT molecular complexity index is 138. The van der Waals surface area contributed by atoms with Crippen LogP contribution in [0.4, 0.5) is 0 Å². The summed E-state index contributed by atoms with van der Waals surface area (Å²) in [5, 5.41) is 0. The second-order valence-electron chi connectivity index (χ2n) is 3.32. The van der Waals surface area contributed by atoms with Crippen molar-refractivity contribution in [2.24, 2.45) is 5.92 Å². The number of nitrogens with zero attached hydrogens (tertiary/aromatic N) is 1. The third kappa shape index (κ3) is 1.95. The van der Waals surface area contributed by atoms with Crippen molar-refractivity contribution < 1.29 is 4.79 Å². The van der Waals surface area contributed by atoms with E-state index >= 15 is 0 Å². The first-order valence-electron chi connectivity index (χ1n) is 4.55. The van der Waals surface area contributed by atoms with E-state index in [1.165, 1.54) is 6.42 Å². The molecule has 11 heavy (non-hydrogen) atoms. The minimum atomic E-state index is 0.345. The van der Waals surface area contributed by atoms with E-state index in [1.54, 1.807) is 0 Å². The quantitative estimate of drug-likeness (QED) is 0.607. The Morgan fingerprint density at radius 2 is 2.09 bits per heavy atom. The van der Waals surface area contributed by atoms with Crippen molar-refractivity contribution in [1.82, 2.24) is 4.90 Å². The summed E-state index contributed by atoms with van der Waals surface area (Å²) in [6.07, 6.45) is 2.93. The average molecular weight is 155 g/mol. The van der Waals surface area contributed by atoms with Crippen LogP contribution < -0.4 is 0 Å². The van der Waals surface area contributed by atoms with E-state index in [-0.39, 0.29) is 0 Å². The van der Waals surface area contributed by atoms with Gasteiger partial charge in [-0.1, -0.05) is 13.8 Å². The molecule has 0 radical (unpaired) electrons. The first-order chi connectivity index (χ1) is 5.27. The van der Waals surface area contributed by atoms with E-state index in [9.17, 15) is 4.79 Å². The average Bonchev–Trinajstić information content (AvgIpc) is 1.86. The molecule has 64 valence electrons. The standard InChI is InChI=1S/C9H17NO/c1-3-5-9(11)10-6-8(4-2)7-10/h8H,3-7H2,1-2H3. The Morgan fingerprint density at radius 3 is 2.55 bits per heavy atom. The van der Waals surface area contributed by atoms with E-state index in [0.717, 1.165) is 31.8 Å². The second-order valence-corrected chi connectivity index (χ2v) is 3.32. The third-order valence-corrected chi connectivity index (χ3v) is 2.35. The van der Waals surface area contributed by atoms with Gasteiger partial charge < -0.3 is 4.90 Å². The SMILES string of the molecule is CCCC(=O)N1CC(CC)C1. The Hall–Kier alpha value is -0.530. The molecule has 0 aromatic carbocycles. The number of carbonyl (C=O) groups excluding carboxylic acids is 1. The summed E-state index contributed by atoms with van der Waals surface area (Å²) in [5.74, 6) is 1.13. The lowest BCUT2D eigenvalue weighted by atomic mass is 9.97. The number of likely N-dealkylation sites (tertiary alicyclic amines) is 1. The van der Waals surface area contributed by atoms with Crippen molar-refractivity contribution in [3.05, 3.63) is 0 Å². The topological polar surface area (TPSA) is 20.3 Å². The first-order valence-corrected chi connectivity index (χ1v) is 4.55. The predicted octanol–water partition coefficient (Wildman–Crippen LogP) is 1.65. The molecule has 1 aliphatic rings. The van der Waals surface area contributed by atoms with Crippen LogP contribution in [0.25, 0.3) is 0 Å². The van der Waals surface area contributed by atoms with Crippen molar-refractivity contribution in [3.8, 4) is 0 Å². The maximum absolute atomic E-state index is 11.2. The van der Waals surface area contributed by atoms with Crippen molar-refractivity contribution >= 4 is 5.91 Å². The van der Waals surface area contributed by atoms with Crippen LogP contribution in [0.15, 0.2) is 0 Å². The van der Waals surface area contributed by atoms with Crippen LogP contribution in [-0.2, 0) is 4.79 Å². The molecule has 2 nitrogen and oxygen atoms in total.